The van der Waals surface area contributed by atoms with Crippen molar-refractivity contribution < 1.29 is 22.7 Å². The van der Waals surface area contributed by atoms with Crippen molar-refractivity contribution in [3.8, 4) is 11.5 Å². The Morgan fingerprint density at radius 3 is 2.15 bits per heavy atom. The fraction of sp³-hybridized carbons (Fsp3) is 0.240. The molecule has 0 heterocycles. The number of methoxy groups -OCH3 is 2. The molecule has 0 saturated carbocycles. The summed E-state index contributed by atoms with van der Waals surface area (Å²) in [5.41, 5.74) is 3.15. The molecule has 2 N–H and O–H groups in total. The number of sulfonamides is 1. The van der Waals surface area contributed by atoms with Crippen molar-refractivity contribution in [1.82, 2.24) is 0 Å². The zero-order chi connectivity index (χ0) is 23.8. The van der Waals surface area contributed by atoms with Gasteiger partial charge in [0.2, 0.25) is 5.91 Å². The molecular weight excluding hydrogens is 440 g/mol. The average Bonchev–Trinajstić information content (AvgIpc) is 2.83. The molecule has 3 rings (SSSR count). The lowest BCUT2D eigenvalue weighted by molar-refractivity contribution is -0.116. The van der Waals surface area contributed by atoms with E-state index in [1.54, 1.807) is 30.3 Å². The predicted octanol–water partition coefficient (Wildman–Crippen LogP) is 4.64. The SMILES string of the molecule is CCc1ccc(CCC(=O)Nc2ccc(S(=O)(=O)Nc3cc(OC)ccc3OC)cc2)cc1. The van der Waals surface area contributed by atoms with Crippen molar-refractivity contribution in [2.45, 2.75) is 31.1 Å². The first kappa shape index (κ1) is 24.1. The van der Waals surface area contributed by atoms with Crippen molar-refractivity contribution >= 4 is 27.3 Å². The number of carbonyl (C=O) groups excluding carboxylic acids is 1. The molecule has 174 valence electrons. The quantitative estimate of drug-likeness (QED) is 0.452. The maximum absolute atomic E-state index is 12.8. The summed E-state index contributed by atoms with van der Waals surface area (Å²) in [7, 11) is -0.916. The maximum atomic E-state index is 12.8. The fourth-order valence-electron chi connectivity index (χ4n) is 3.24. The van der Waals surface area contributed by atoms with E-state index in [2.05, 4.69) is 29.1 Å². The molecule has 3 aromatic rings. The molecule has 33 heavy (non-hydrogen) atoms. The van der Waals surface area contributed by atoms with Crippen LogP contribution in [0.4, 0.5) is 11.4 Å². The van der Waals surface area contributed by atoms with E-state index in [9.17, 15) is 13.2 Å². The molecule has 0 aromatic heterocycles. The van der Waals surface area contributed by atoms with Crippen molar-refractivity contribution in [3.05, 3.63) is 77.9 Å². The highest BCUT2D eigenvalue weighted by atomic mass is 32.2. The second kappa shape index (κ2) is 10.9. The Kier molecular flexibility index (Phi) is 7.95. The number of benzene rings is 3. The number of ether oxygens (including phenoxy) is 2. The molecule has 3 aromatic carbocycles. The molecule has 8 heteroatoms. The van der Waals surface area contributed by atoms with E-state index in [0.717, 1.165) is 12.0 Å². The average molecular weight is 469 g/mol. The second-order valence-electron chi connectivity index (χ2n) is 7.41. The minimum Gasteiger partial charge on any atom is -0.497 e. The van der Waals surface area contributed by atoms with Gasteiger partial charge in [0.1, 0.15) is 11.5 Å². The molecule has 0 bridgehead atoms. The number of hydrogen-bond acceptors (Lipinski definition) is 5. The van der Waals surface area contributed by atoms with E-state index in [-0.39, 0.29) is 16.5 Å². The van der Waals surface area contributed by atoms with Crippen LogP contribution >= 0.6 is 0 Å². The van der Waals surface area contributed by atoms with E-state index in [1.807, 2.05) is 12.1 Å². The van der Waals surface area contributed by atoms with Gasteiger partial charge in [-0.1, -0.05) is 31.2 Å². The Morgan fingerprint density at radius 2 is 1.55 bits per heavy atom. The Morgan fingerprint density at radius 1 is 0.879 bits per heavy atom. The Hall–Kier alpha value is -3.52. The summed E-state index contributed by atoms with van der Waals surface area (Å²) in [4.78, 5) is 12.4. The largest absolute Gasteiger partial charge is 0.497 e. The minimum absolute atomic E-state index is 0.0568. The van der Waals surface area contributed by atoms with Gasteiger partial charge in [-0.05, 0) is 60.4 Å². The van der Waals surface area contributed by atoms with Gasteiger partial charge in [0.05, 0.1) is 24.8 Å². The standard InChI is InChI=1S/C25H28N2O5S/c1-4-18-5-7-19(8-6-18)9-16-25(28)26-20-10-13-22(14-11-20)33(29,30)27-23-17-21(31-2)12-15-24(23)32-3/h5-8,10-15,17,27H,4,9,16H2,1-3H3,(H,26,28). The van der Waals surface area contributed by atoms with Crippen LogP contribution in [-0.2, 0) is 27.7 Å². The lowest BCUT2D eigenvalue weighted by atomic mass is 10.1. The van der Waals surface area contributed by atoms with Gasteiger partial charge < -0.3 is 14.8 Å². The third-order valence-electron chi connectivity index (χ3n) is 5.17. The molecule has 0 radical (unpaired) electrons. The Balaban J connectivity index is 1.62. The van der Waals surface area contributed by atoms with Crippen LogP contribution in [-0.4, -0.2) is 28.5 Å². The van der Waals surface area contributed by atoms with Gasteiger partial charge in [0, 0.05) is 18.2 Å². The van der Waals surface area contributed by atoms with Crippen LogP contribution in [0, 0.1) is 0 Å². The summed E-state index contributed by atoms with van der Waals surface area (Å²) < 4.78 is 38.5. The number of aryl methyl sites for hydroxylation is 2. The van der Waals surface area contributed by atoms with Crippen LogP contribution < -0.4 is 19.5 Å². The summed E-state index contributed by atoms with van der Waals surface area (Å²) in [6.45, 7) is 2.10. The first-order valence-electron chi connectivity index (χ1n) is 10.6. The lowest BCUT2D eigenvalue weighted by Crippen LogP contribution is -2.15. The van der Waals surface area contributed by atoms with E-state index in [0.29, 0.717) is 30.0 Å². The summed E-state index contributed by atoms with van der Waals surface area (Å²) in [5.74, 6) is 0.727. The smallest absolute Gasteiger partial charge is 0.262 e. The molecule has 0 fully saturated rings. The number of nitrogens with one attached hydrogen (secondary N) is 2. The van der Waals surface area contributed by atoms with Gasteiger partial charge in [-0.15, -0.1) is 0 Å². The monoisotopic (exact) mass is 468 g/mol. The Labute approximate surface area is 194 Å². The molecule has 0 aliphatic heterocycles. The van der Waals surface area contributed by atoms with Gasteiger partial charge in [-0.25, -0.2) is 8.42 Å². The third kappa shape index (κ3) is 6.49. The van der Waals surface area contributed by atoms with Crippen molar-refractivity contribution in [2.24, 2.45) is 0 Å². The first-order valence-corrected chi connectivity index (χ1v) is 12.1. The fourth-order valence-corrected chi connectivity index (χ4v) is 4.30. The summed E-state index contributed by atoms with van der Waals surface area (Å²) in [6, 6.07) is 19.1. The number of carbonyl (C=O) groups is 1. The van der Waals surface area contributed by atoms with Crippen molar-refractivity contribution in [2.75, 3.05) is 24.3 Å². The minimum atomic E-state index is -3.87. The molecule has 0 aliphatic rings. The molecule has 1 amide bonds. The van der Waals surface area contributed by atoms with Crippen LogP contribution in [0.3, 0.4) is 0 Å². The molecular formula is C25H28N2O5S. The lowest BCUT2D eigenvalue weighted by Gasteiger charge is -2.13. The molecule has 7 nitrogen and oxygen atoms in total. The molecule has 0 aliphatic carbocycles. The van der Waals surface area contributed by atoms with E-state index < -0.39 is 10.0 Å². The normalized spacial score (nSPS) is 11.0. The van der Waals surface area contributed by atoms with E-state index in [1.165, 1.54) is 31.9 Å². The Bertz CT molecular complexity index is 1190. The van der Waals surface area contributed by atoms with Crippen molar-refractivity contribution in [3.63, 3.8) is 0 Å². The number of amides is 1. The van der Waals surface area contributed by atoms with Crippen LogP contribution in [0.15, 0.2) is 71.6 Å². The van der Waals surface area contributed by atoms with Gasteiger partial charge in [0.15, 0.2) is 0 Å². The van der Waals surface area contributed by atoms with E-state index in [4.69, 9.17) is 9.47 Å². The van der Waals surface area contributed by atoms with Gasteiger partial charge in [0.25, 0.3) is 10.0 Å². The predicted molar refractivity (Wildman–Crippen MR) is 130 cm³/mol. The topological polar surface area (TPSA) is 93.7 Å². The van der Waals surface area contributed by atoms with Crippen molar-refractivity contribution in [1.29, 1.82) is 0 Å². The second-order valence-corrected chi connectivity index (χ2v) is 9.10. The van der Waals surface area contributed by atoms with Gasteiger partial charge in [-0.2, -0.15) is 0 Å². The number of rotatable bonds is 10. The maximum Gasteiger partial charge on any atom is 0.262 e. The summed E-state index contributed by atoms with van der Waals surface area (Å²) >= 11 is 0. The third-order valence-corrected chi connectivity index (χ3v) is 6.55. The highest BCUT2D eigenvalue weighted by Crippen LogP contribution is 2.31. The molecule has 0 unspecified atom stereocenters. The van der Waals surface area contributed by atoms with Crippen LogP contribution in [0.25, 0.3) is 0 Å². The zero-order valence-corrected chi connectivity index (χ0v) is 19.7. The highest BCUT2D eigenvalue weighted by Gasteiger charge is 2.17. The number of hydrogen-bond donors (Lipinski definition) is 2. The molecule has 0 atom stereocenters. The summed E-state index contributed by atoms with van der Waals surface area (Å²) in [5, 5.41) is 2.81. The molecule has 0 saturated heterocycles. The van der Waals surface area contributed by atoms with Crippen LogP contribution in [0.2, 0.25) is 0 Å². The number of anilines is 2. The van der Waals surface area contributed by atoms with Gasteiger partial charge >= 0.3 is 0 Å². The van der Waals surface area contributed by atoms with E-state index >= 15 is 0 Å². The molecule has 0 spiro atoms. The van der Waals surface area contributed by atoms with Gasteiger partial charge in [-0.3, -0.25) is 9.52 Å². The van der Waals surface area contributed by atoms with Crippen LogP contribution in [0.5, 0.6) is 11.5 Å². The highest BCUT2D eigenvalue weighted by molar-refractivity contribution is 7.92. The first-order chi connectivity index (χ1) is 15.8. The van der Waals surface area contributed by atoms with Crippen LogP contribution in [0.1, 0.15) is 24.5 Å². The zero-order valence-electron chi connectivity index (χ0n) is 18.9. The summed E-state index contributed by atoms with van der Waals surface area (Å²) in [6.07, 6.45) is 1.95.